The van der Waals surface area contributed by atoms with E-state index in [0.717, 1.165) is 29.1 Å². The molecular weight excluding hydrogens is 265 g/mol. The minimum Gasteiger partial charge on any atom is -0.310 e. The maximum atomic E-state index is 13.2. The average molecular weight is 285 g/mol. The van der Waals surface area contributed by atoms with E-state index in [2.05, 4.69) is 15.3 Å². The van der Waals surface area contributed by atoms with Crippen LogP contribution in [0.5, 0.6) is 0 Å². The standard InChI is InChI=1S/C17H20FN3/c1-10-8-13(18)4-7-15(10)17-20-11(2)16(12(3)21-17)9-19-14-5-6-14/h4,7-8,14,19H,5-6,9H2,1-3H3. The Balaban J connectivity index is 1.92. The highest BCUT2D eigenvalue weighted by atomic mass is 19.1. The topological polar surface area (TPSA) is 37.8 Å². The number of nitrogens with one attached hydrogen (secondary N) is 1. The number of hydrogen-bond donors (Lipinski definition) is 1. The van der Waals surface area contributed by atoms with E-state index in [9.17, 15) is 4.39 Å². The predicted octanol–water partition coefficient (Wildman–Crippen LogP) is 3.46. The molecule has 1 saturated carbocycles. The third-order valence-corrected chi connectivity index (χ3v) is 3.99. The zero-order valence-electron chi connectivity index (χ0n) is 12.7. The summed E-state index contributed by atoms with van der Waals surface area (Å²) in [6.07, 6.45) is 2.54. The normalized spacial score (nSPS) is 14.5. The minimum atomic E-state index is -0.227. The molecule has 1 aliphatic rings. The second kappa shape index (κ2) is 5.53. The van der Waals surface area contributed by atoms with Crippen LogP contribution in [-0.2, 0) is 6.54 Å². The summed E-state index contributed by atoms with van der Waals surface area (Å²) < 4.78 is 13.2. The van der Waals surface area contributed by atoms with Crippen LogP contribution in [0.1, 0.15) is 35.4 Å². The van der Waals surface area contributed by atoms with Crippen molar-refractivity contribution in [3.8, 4) is 11.4 Å². The van der Waals surface area contributed by atoms with Crippen molar-refractivity contribution in [2.45, 2.75) is 46.2 Å². The monoisotopic (exact) mass is 285 g/mol. The number of aromatic nitrogens is 2. The van der Waals surface area contributed by atoms with E-state index >= 15 is 0 Å². The number of halogens is 1. The molecule has 3 nitrogen and oxygen atoms in total. The van der Waals surface area contributed by atoms with Crippen LogP contribution in [-0.4, -0.2) is 16.0 Å². The molecule has 2 aromatic rings. The van der Waals surface area contributed by atoms with Gasteiger partial charge in [-0.25, -0.2) is 14.4 Å². The molecular formula is C17H20FN3. The molecule has 4 heteroatoms. The highest BCUT2D eigenvalue weighted by Crippen LogP contribution is 2.24. The van der Waals surface area contributed by atoms with Gasteiger partial charge in [0.15, 0.2) is 5.82 Å². The molecule has 0 radical (unpaired) electrons. The minimum absolute atomic E-state index is 0.227. The molecule has 0 unspecified atom stereocenters. The van der Waals surface area contributed by atoms with Gasteiger partial charge in [0, 0.05) is 35.1 Å². The number of rotatable bonds is 4. The number of benzene rings is 1. The van der Waals surface area contributed by atoms with E-state index in [1.807, 2.05) is 20.8 Å². The molecule has 1 heterocycles. The first-order valence-corrected chi connectivity index (χ1v) is 7.38. The second-order valence-corrected chi connectivity index (χ2v) is 5.81. The molecule has 110 valence electrons. The Morgan fingerprint density at radius 3 is 2.38 bits per heavy atom. The maximum absolute atomic E-state index is 13.2. The van der Waals surface area contributed by atoms with Crippen molar-refractivity contribution in [3.63, 3.8) is 0 Å². The van der Waals surface area contributed by atoms with Gasteiger partial charge in [-0.3, -0.25) is 0 Å². The SMILES string of the molecule is Cc1cc(F)ccc1-c1nc(C)c(CNC2CC2)c(C)n1. The fourth-order valence-corrected chi connectivity index (χ4v) is 2.53. The van der Waals surface area contributed by atoms with Gasteiger partial charge in [0.2, 0.25) is 0 Å². The zero-order chi connectivity index (χ0) is 15.0. The fraction of sp³-hybridized carbons (Fsp3) is 0.412. The van der Waals surface area contributed by atoms with Gasteiger partial charge in [-0.05, 0) is 57.4 Å². The van der Waals surface area contributed by atoms with Gasteiger partial charge in [0.1, 0.15) is 5.82 Å². The van der Waals surface area contributed by atoms with Gasteiger partial charge in [-0.2, -0.15) is 0 Å². The van der Waals surface area contributed by atoms with Gasteiger partial charge >= 0.3 is 0 Å². The van der Waals surface area contributed by atoms with Crippen LogP contribution in [0.4, 0.5) is 4.39 Å². The lowest BCUT2D eigenvalue weighted by atomic mass is 10.1. The van der Waals surface area contributed by atoms with E-state index in [-0.39, 0.29) is 5.82 Å². The Hall–Kier alpha value is -1.81. The van der Waals surface area contributed by atoms with Crippen LogP contribution in [0, 0.1) is 26.6 Å². The van der Waals surface area contributed by atoms with Crippen molar-refractivity contribution in [1.82, 2.24) is 15.3 Å². The Morgan fingerprint density at radius 1 is 1.14 bits per heavy atom. The average Bonchev–Trinajstić information content (AvgIpc) is 3.21. The summed E-state index contributed by atoms with van der Waals surface area (Å²) in [5.74, 6) is 0.451. The molecule has 0 aliphatic heterocycles. The van der Waals surface area contributed by atoms with E-state index in [1.165, 1.54) is 30.5 Å². The number of nitrogens with zero attached hydrogens (tertiary/aromatic N) is 2. The van der Waals surface area contributed by atoms with Crippen molar-refractivity contribution in [2.24, 2.45) is 0 Å². The molecule has 3 rings (SSSR count). The van der Waals surface area contributed by atoms with Crippen molar-refractivity contribution in [1.29, 1.82) is 0 Å². The highest BCUT2D eigenvalue weighted by Gasteiger charge is 2.21. The van der Waals surface area contributed by atoms with E-state index < -0.39 is 0 Å². The first-order valence-electron chi connectivity index (χ1n) is 7.38. The molecule has 0 atom stereocenters. The Bertz CT molecular complexity index is 655. The van der Waals surface area contributed by atoms with Crippen LogP contribution < -0.4 is 5.32 Å². The molecule has 1 N–H and O–H groups in total. The summed E-state index contributed by atoms with van der Waals surface area (Å²) in [5, 5.41) is 3.50. The van der Waals surface area contributed by atoms with Crippen molar-refractivity contribution in [3.05, 3.63) is 46.5 Å². The lowest BCUT2D eigenvalue weighted by Crippen LogP contribution is -2.18. The quantitative estimate of drug-likeness (QED) is 0.935. The van der Waals surface area contributed by atoms with Gasteiger partial charge in [0.05, 0.1) is 0 Å². The van der Waals surface area contributed by atoms with E-state index in [0.29, 0.717) is 11.9 Å². The maximum Gasteiger partial charge on any atom is 0.159 e. The van der Waals surface area contributed by atoms with Crippen LogP contribution in [0.3, 0.4) is 0 Å². The van der Waals surface area contributed by atoms with Crippen LogP contribution in [0.2, 0.25) is 0 Å². The predicted molar refractivity (Wildman–Crippen MR) is 81.5 cm³/mol. The van der Waals surface area contributed by atoms with Gasteiger partial charge in [0.25, 0.3) is 0 Å². The smallest absolute Gasteiger partial charge is 0.159 e. The molecule has 1 aliphatic carbocycles. The molecule has 1 aromatic carbocycles. The van der Waals surface area contributed by atoms with Crippen molar-refractivity contribution < 1.29 is 4.39 Å². The van der Waals surface area contributed by atoms with Gasteiger partial charge in [-0.15, -0.1) is 0 Å². The molecule has 0 bridgehead atoms. The number of aryl methyl sites for hydroxylation is 3. The molecule has 0 spiro atoms. The molecule has 1 aromatic heterocycles. The third-order valence-electron chi connectivity index (χ3n) is 3.99. The number of hydrogen-bond acceptors (Lipinski definition) is 3. The van der Waals surface area contributed by atoms with Crippen LogP contribution in [0.25, 0.3) is 11.4 Å². The third kappa shape index (κ3) is 3.10. The van der Waals surface area contributed by atoms with Crippen molar-refractivity contribution >= 4 is 0 Å². The molecule has 1 fully saturated rings. The van der Waals surface area contributed by atoms with Gasteiger partial charge < -0.3 is 5.32 Å². The van der Waals surface area contributed by atoms with Crippen molar-refractivity contribution in [2.75, 3.05) is 0 Å². The van der Waals surface area contributed by atoms with Gasteiger partial charge in [-0.1, -0.05) is 0 Å². The Kier molecular flexibility index (Phi) is 3.72. The van der Waals surface area contributed by atoms with E-state index in [1.54, 1.807) is 6.07 Å². The largest absolute Gasteiger partial charge is 0.310 e. The first-order chi connectivity index (χ1) is 10.0. The van der Waals surface area contributed by atoms with E-state index in [4.69, 9.17) is 0 Å². The summed E-state index contributed by atoms with van der Waals surface area (Å²) >= 11 is 0. The second-order valence-electron chi connectivity index (χ2n) is 5.81. The summed E-state index contributed by atoms with van der Waals surface area (Å²) in [6.45, 7) is 6.74. The lowest BCUT2D eigenvalue weighted by molar-refractivity contribution is 0.627. The highest BCUT2D eigenvalue weighted by molar-refractivity contribution is 5.60. The first kappa shape index (κ1) is 14.1. The molecule has 0 amide bonds. The van der Waals surface area contributed by atoms with Crippen LogP contribution >= 0.6 is 0 Å². The summed E-state index contributed by atoms with van der Waals surface area (Å²) in [4.78, 5) is 9.24. The molecule has 0 saturated heterocycles. The summed E-state index contributed by atoms with van der Waals surface area (Å²) in [6, 6.07) is 5.40. The van der Waals surface area contributed by atoms with Crippen LogP contribution in [0.15, 0.2) is 18.2 Å². The zero-order valence-corrected chi connectivity index (χ0v) is 12.7. The molecule has 21 heavy (non-hydrogen) atoms. The fourth-order valence-electron chi connectivity index (χ4n) is 2.53. The summed E-state index contributed by atoms with van der Waals surface area (Å²) in [5.41, 5.74) is 4.91. The lowest BCUT2D eigenvalue weighted by Gasteiger charge is -2.12. The Labute approximate surface area is 124 Å². The Morgan fingerprint density at radius 2 is 1.81 bits per heavy atom. The summed E-state index contributed by atoms with van der Waals surface area (Å²) in [7, 11) is 0.